The molecule has 1 rings (SSSR count). The number of hydrogen-bond donors (Lipinski definition) is 2. The molecule has 15 heavy (non-hydrogen) atoms. The van der Waals surface area contributed by atoms with Crippen LogP contribution in [0, 0.1) is 0 Å². The Morgan fingerprint density at radius 2 is 1.87 bits per heavy atom. The number of piperidine rings is 1. The molecule has 0 amide bonds. The van der Waals surface area contributed by atoms with Crippen LogP contribution in [0.15, 0.2) is 0 Å². The van der Waals surface area contributed by atoms with Crippen molar-refractivity contribution >= 4 is 16.0 Å². The highest BCUT2D eigenvalue weighted by atomic mass is 32.2. The summed E-state index contributed by atoms with van der Waals surface area (Å²) < 4.78 is 22.8. The van der Waals surface area contributed by atoms with Gasteiger partial charge in [0.15, 0.2) is 0 Å². The number of carboxylic acids is 1. The van der Waals surface area contributed by atoms with E-state index >= 15 is 0 Å². The molecule has 0 unspecified atom stereocenters. The molecule has 7 heteroatoms. The van der Waals surface area contributed by atoms with Crippen molar-refractivity contribution < 1.29 is 18.3 Å². The van der Waals surface area contributed by atoms with Gasteiger partial charge in [-0.05, 0) is 12.8 Å². The van der Waals surface area contributed by atoms with Gasteiger partial charge in [0.25, 0.3) is 0 Å². The van der Waals surface area contributed by atoms with Crippen molar-refractivity contribution in [3.05, 3.63) is 0 Å². The molecular formula is C8H16N2O4S. The van der Waals surface area contributed by atoms with E-state index in [4.69, 9.17) is 5.11 Å². The first-order chi connectivity index (χ1) is 6.99. The average molecular weight is 236 g/mol. The van der Waals surface area contributed by atoms with Crippen LogP contribution < -0.4 is 4.83 Å². The van der Waals surface area contributed by atoms with E-state index in [9.17, 15) is 13.2 Å². The van der Waals surface area contributed by atoms with Crippen molar-refractivity contribution in [2.45, 2.75) is 25.7 Å². The number of hydrazine groups is 1. The summed E-state index contributed by atoms with van der Waals surface area (Å²) >= 11 is 0. The highest BCUT2D eigenvalue weighted by Gasteiger charge is 2.18. The van der Waals surface area contributed by atoms with Crippen LogP contribution in [0.5, 0.6) is 0 Å². The maximum atomic E-state index is 11.4. The van der Waals surface area contributed by atoms with Gasteiger partial charge in [-0.1, -0.05) is 6.42 Å². The second-order valence-corrected chi connectivity index (χ2v) is 5.42. The number of nitrogens with zero attached hydrogens (tertiary/aromatic N) is 1. The monoisotopic (exact) mass is 236 g/mol. The molecular weight excluding hydrogens is 220 g/mol. The minimum Gasteiger partial charge on any atom is -0.481 e. The van der Waals surface area contributed by atoms with E-state index in [0.717, 1.165) is 19.3 Å². The molecule has 2 N–H and O–H groups in total. The lowest BCUT2D eigenvalue weighted by atomic mass is 10.2. The maximum Gasteiger partial charge on any atom is 0.304 e. The van der Waals surface area contributed by atoms with Crippen molar-refractivity contribution in [3.63, 3.8) is 0 Å². The molecule has 0 bridgehead atoms. The van der Waals surface area contributed by atoms with E-state index in [1.807, 2.05) is 0 Å². The SMILES string of the molecule is O=C(O)CCS(=O)(=O)NN1CCCCC1. The number of rotatable bonds is 5. The molecule has 0 aromatic rings. The summed E-state index contributed by atoms with van der Waals surface area (Å²) in [6.45, 7) is 1.40. The van der Waals surface area contributed by atoms with Gasteiger partial charge in [0.05, 0.1) is 12.2 Å². The largest absolute Gasteiger partial charge is 0.481 e. The zero-order valence-corrected chi connectivity index (χ0v) is 9.29. The molecule has 1 fully saturated rings. The summed E-state index contributed by atoms with van der Waals surface area (Å²) in [5.74, 6) is -1.46. The predicted molar refractivity (Wildman–Crippen MR) is 54.6 cm³/mol. The first-order valence-corrected chi connectivity index (χ1v) is 6.62. The van der Waals surface area contributed by atoms with Gasteiger partial charge in [-0.15, -0.1) is 4.83 Å². The van der Waals surface area contributed by atoms with Crippen LogP contribution in [0.25, 0.3) is 0 Å². The highest BCUT2D eigenvalue weighted by molar-refractivity contribution is 7.89. The predicted octanol–water partition coefficient (Wildman–Crippen LogP) is -0.219. The van der Waals surface area contributed by atoms with Gasteiger partial charge in [-0.2, -0.15) is 0 Å². The Morgan fingerprint density at radius 1 is 1.27 bits per heavy atom. The summed E-state index contributed by atoms with van der Waals surface area (Å²) in [5.41, 5.74) is 0. The van der Waals surface area contributed by atoms with Crippen LogP contribution in [0.4, 0.5) is 0 Å². The molecule has 88 valence electrons. The second kappa shape index (κ2) is 5.43. The first kappa shape index (κ1) is 12.4. The lowest BCUT2D eigenvalue weighted by Crippen LogP contribution is -2.45. The number of carboxylic acid groups (broad SMARTS) is 1. The molecule has 0 saturated carbocycles. The van der Waals surface area contributed by atoms with Crippen LogP contribution in [0.3, 0.4) is 0 Å². The lowest BCUT2D eigenvalue weighted by molar-refractivity contribution is -0.136. The van der Waals surface area contributed by atoms with Gasteiger partial charge in [0.2, 0.25) is 10.0 Å². The van der Waals surface area contributed by atoms with Gasteiger partial charge in [0.1, 0.15) is 0 Å². The van der Waals surface area contributed by atoms with Crippen LogP contribution in [0.2, 0.25) is 0 Å². The smallest absolute Gasteiger partial charge is 0.304 e. The second-order valence-electron chi connectivity index (χ2n) is 3.60. The van der Waals surface area contributed by atoms with Gasteiger partial charge < -0.3 is 5.11 Å². The summed E-state index contributed by atoms with van der Waals surface area (Å²) in [7, 11) is -3.48. The molecule has 0 spiro atoms. The van der Waals surface area contributed by atoms with Crippen molar-refractivity contribution in [3.8, 4) is 0 Å². The van der Waals surface area contributed by atoms with Crippen LogP contribution in [0.1, 0.15) is 25.7 Å². The number of nitrogens with one attached hydrogen (secondary N) is 1. The topological polar surface area (TPSA) is 86.7 Å². The molecule has 0 aromatic heterocycles. The van der Waals surface area contributed by atoms with Gasteiger partial charge in [-0.3, -0.25) is 4.79 Å². The van der Waals surface area contributed by atoms with E-state index in [0.29, 0.717) is 13.1 Å². The minimum absolute atomic E-state index is 0.358. The van der Waals surface area contributed by atoms with E-state index in [1.165, 1.54) is 0 Å². The molecule has 1 aliphatic rings. The molecule has 6 nitrogen and oxygen atoms in total. The average Bonchev–Trinajstić information content (AvgIpc) is 2.16. The summed E-state index contributed by atoms with van der Waals surface area (Å²) in [4.78, 5) is 12.6. The molecule has 0 aliphatic carbocycles. The van der Waals surface area contributed by atoms with Crippen LogP contribution in [-0.2, 0) is 14.8 Å². The Bertz CT molecular complexity index is 309. The highest BCUT2D eigenvalue weighted by Crippen LogP contribution is 2.06. The quantitative estimate of drug-likeness (QED) is 0.689. The van der Waals surface area contributed by atoms with E-state index in [2.05, 4.69) is 4.83 Å². The summed E-state index contributed by atoms with van der Waals surface area (Å²) in [6.07, 6.45) is 2.71. The third-order valence-electron chi connectivity index (χ3n) is 2.21. The molecule has 1 aliphatic heterocycles. The fourth-order valence-electron chi connectivity index (χ4n) is 1.45. The number of carbonyl (C=O) groups is 1. The first-order valence-electron chi connectivity index (χ1n) is 4.96. The fraction of sp³-hybridized carbons (Fsp3) is 0.875. The molecule has 0 atom stereocenters. The Labute approximate surface area is 89.3 Å². The third-order valence-corrected chi connectivity index (χ3v) is 3.49. The van der Waals surface area contributed by atoms with E-state index in [1.54, 1.807) is 5.01 Å². The van der Waals surface area contributed by atoms with Crippen LogP contribution in [-0.4, -0.2) is 43.3 Å². The maximum absolute atomic E-state index is 11.4. The molecule has 0 aromatic carbocycles. The summed E-state index contributed by atoms with van der Waals surface area (Å²) in [6, 6.07) is 0. The zero-order chi connectivity index (χ0) is 11.3. The number of aliphatic carboxylic acids is 1. The number of hydrogen-bond acceptors (Lipinski definition) is 4. The third kappa shape index (κ3) is 5.10. The molecule has 1 saturated heterocycles. The lowest BCUT2D eigenvalue weighted by Gasteiger charge is -2.26. The van der Waals surface area contributed by atoms with Crippen molar-refractivity contribution in [1.82, 2.24) is 9.84 Å². The Morgan fingerprint density at radius 3 is 2.40 bits per heavy atom. The van der Waals surface area contributed by atoms with E-state index < -0.39 is 16.0 Å². The van der Waals surface area contributed by atoms with Crippen molar-refractivity contribution in [1.29, 1.82) is 0 Å². The van der Waals surface area contributed by atoms with Crippen molar-refractivity contribution in [2.75, 3.05) is 18.8 Å². The Balaban J connectivity index is 2.37. The van der Waals surface area contributed by atoms with Crippen LogP contribution >= 0.6 is 0 Å². The molecule has 1 heterocycles. The van der Waals surface area contributed by atoms with Gasteiger partial charge in [-0.25, -0.2) is 13.4 Å². The van der Waals surface area contributed by atoms with Gasteiger partial charge in [0, 0.05) is 13.1 Å². The fourth-order valence-corrected chi connectivity index (χ4v) is 2.56. The van der Waals surface area contributed by atoms with Gasteiger partial charge >= 0.3 is 5.97 Å². The van der Waals surface area contributed by atoms with E-state index in [-0.39, 0.29) is 12.2 Å². The van der Waals surface area contributed by atoms with Crippen molar-refractivity contribution in [2.24, 2.45) is 0 Å². The summed E-state index contributed by atoms with van der Waals surface area (Å²) in [5, 5.41) is 10.0. The normalized spacial score (nSPS) is 18.9. The number of sulfonamides is 1. The minimum atomic E-state index is -3.48. The zero-order valence-electron chi connectivity index (χ0n) is 8.48. The Hall–Kier alpha value is -0.660. The molecule has 0 radical (unpaired) electrons. The Kier molecular flexibility index (Phi) is 4.49. The standard InChI is InChI=1S/C8H16N2O4S/c11-8(12)4-7-15(13,14)9-10-5-2-1-3-6-10/h9H,1-7H2,(H,11,12).